The molecule has 1 aliphatic heterocycles. The van der Waals surface area contributed by atoms with Crippen LogP contribution >= 0.6 is 0 Å². The second-order valence-electron chi connectivity index (χ2n) is 5.51. The summed E-state index contributed by atoms with van der Waals surface area (Å²) in [7, 11) is 0. The van der Waals surface area contributed by atoms with E-state index in [0.29, 0.717) is 36.7 Å². The molecule has 0 bridgehead atoms. The molecule has 0 aliphatic carbocycles. The molecule has 0 spiro atoms. The maximum atomic E-state index is 11.3. The first-order valence-electron chi connectivity index (χ1n) is 6.56. The number of carboxylic acids is 1. The SMILES string of the molecule is CC(C)(Cc1ccc(C=O)c2c1OCCCO2)C(=O)O. The number of fused-ring (bicyclic) bond motifs is 1. The van der Waals surface area contributed by atoms with E-state index < -0.39 is 11.4 Å². The van der Waals surface area contributed by atoms with Gasteiger partial charge in [-0.25, -0.2) is 0 Å². The molecule has 2 rings (SSSR count). The Kier molecular flexibility index (Phi) is 3.97. The smallest absolute Gasteiger partial charge is 0.309 e. The van der Waals surface area contributed by atoms with Gasteiger partial charge in [0.05, 0.1) is 24.2 Å². The highest BCUT2D eigenvalue weighted by atomic mass is 16.5. The van der Waals surface area contributed by atoms with Gasteiger partial charge in [0, 0.05) is 6.42 Å². The Morgan fingerprint density at radius 3 is 2.55 bits per heavy atom. The van der Waals surface area contributed by atoms with Crippen LogP contribution in [-0.4, -0.2) is 30.6 Å². The summed E-state index contributed by atoms with van der Waals surface area (Å²) < 4.78 is 11.3. The molecule has 0 saturated carbocycles. The Balaban J connectivity index is 2.44. The molecule has 0 fully saturated rings. The van der Waals surface area contributed by atoms with Crippen molar-refractivity contribution >= 4 is 12.3 Å². The Morgan fingerprint density at radius 1 is 1.30 bits per heavy atom. The number of carboxylic acid groups (broad SMARTS) is 1. The highest BCUT2D eigenvalue weighted by Crippen LogP contribution is 2.39. The van der Waals surface area contributed by atoms with E-state index in [2.05, 4.69) is 0 Å². The lowest BCUT2D eigenvalue weighted by Gasteiger charge is -2.22. The molecule has 1 heterocycles. The van der Waals surface area contributed by atoms with Crippen molar-refractivity contribution in [2.24, 2.45) is 5.41 Å². The maximum Gasteiger partial charge on any atom is 0.309 e. The first-order valence-corrected chi connectivity index (χ1v) is 6.56. The van der Waals surface area contributed by atoms with Gasteiger partial charge >= 0.3 is 5.97 Å². The largest absolute Gasteiger partial charge is 0.489 e. The average Bonchev–Trinajstić information content (AvgIpc) is 2.64. The third-order valence-electron chi connectivity index (χ3n) is 3.34. The number of carbonyl (C=O) groups excluding carboxylic acids is 1. The van der Waals surface area contributed by atoms with E-state index in [4.69, 9.17) is 9.47 Å². The van der Waals surface area contributed by atoms with Gasteiger partial charge in [-0.05, 0) is 31.9 Å². The van der Waals surface area contributed by atoms with Gasteiger partial charge in [0.15, 0.2) is 17.8 Å². The molecule has 5 heteroatoms. The van der Waals surface area contributed by atoms with Crippen LogP contribution in [0.4, 0.5) is 0 Å². The van der Waals surface area contributed by atoms with Crippen molar-refractivity contribution in [1.29, 1.82) is 0 Å². The lowest BCUT2D eigenvalue weighted by molar-refractivity contribution is -0.146. The fourth-order valence-electron chi connectivity index (χ4n) is 2.12. The second-order valence-corrected chi connectivity index (χ2v) is 5.51. The zero-order valence-corrected chi connectivity index (χ0v) is 11.6. The van der Waals surface area contributed by atoms with Crippen LogP contribution in [0.3, 0.4) is 0 Å². The Hall–Kier alpha value is -2.04. The van der Waals surface area contributed by atoms with Crippen LogP contribution in [-0.2, 0) is 11.2 Å². The highest BCUT2D eigenvalue weighted by Gasteiger charge is 2.30. The van der Waals surface area contributed by atoms with Crippen molar-refractivity contribution < 1.29 is 24.2 Å². The normalized spacial score (nSPS) is 14.5. The van der Waals surface area contributed by atoms with Crippen molar-refractivity contribution in [1.82, 2.24) is 0 Å². The van der Waals surface area contributed by atoms with Crippen LogP contribution in [0.2, 0.25) is 0 Å². The van der Waals surface area contributed by atoms with Gasteiger partial charge in [-0.2, -0.15) is 0 Å². The summed E-state index contributed by atoms with van der Waals surface area (Å²) >= 11 is 0. The van der Waals surface area contributed by atoms with E-state index in [-0.39, 0.29) is 0 Å². The predicted octanol–water partition coefficient (Wildman–Crippen LogP) is 2.31. The Labute approximate surface area is 117 Å². The van der Waals surface area contributed by atoms with Crippen LogP contribution in [0, 0.1) is 5.41 Å². The van der Waals surface area contributed by atoms with E-state index in [1.165, 1.54) is 0 Å². The fraction of sp³-hybridized carbons (Fsp3) is 0.467. The quantitative estimate of drug-likeness (QED) is 0.856. The van der Waals surface area contributed by atoms with E-state index in [1.807, 2.05) is 0 Å². The van der Waals surface area contributed by atoms with Crippen molar-refractivity contribution in [2.45, 2.75) is 26.7 Å². The van der Waals surface area contributed by atoms with Crippen molar-refractivity contribution in [3.63, 3.8) is 0 Å². The van der Waals surface area contributed by atoms with Crippen molar-refractivity contribution in [3.8, 4) is 11.5 Å². The van der Waals surface area contributed by atoms with E-state index >= 15 is 0 Å². The summed E-state index contributed by atoms with van der Waals surface area (Å²) in [5, 5.41) is 9.23. The number of hydrogen-bond acceptors (Lipinski definition) is 4. The molecule has 1 N–H and O–H groups in total. The molecule has 1 aromatic carbocycles. The first kappa shape index (κ1) is 14.4. The molecule has 1 aliphatic rings. The van der Waals surface area contributed by atoms with Gasteiger partial charge < -0.3 is 14.6 Å². The first-order chi connectivity index (χ1) is 9.45. The monoisotopic (exact) mass is 278 g/mol. The van der Waals surface area contributed by atoms with Crippen LogP contribution in [0.25, 0.3) is 0 Å². The summed E-state index contributed by atoms with van der Waals surface area (Å²) in [6, 6.07) is 3.38. The van der Waals surface area contributed by atoms with Crippen LogP contribution < -0.4 is 9.47 Å². The second kappa shape index (κ2) is 5.53. The molecule has 0 unspecified atom stereocenters. The van der Waals surface area contributed by atoms with Gasteiger partial charge in [0.25, 0.3) is 0 Å². The molecule has 0 atom stereocenters. The zero-order chi connectivity index (χ0) is 14.8. The summed E-state index contributed by atoms with van der Waals surface area (Å²) in [4.78, 5) is 22.3. The van der Waals surface area contributed by atoms with Crippen LogP contribution in [0.15, 0.2) is 12.1 Å². The third kappa shape index (κ3) is 2.76. The minimum atomic E-state index is -0.911. The lowest BCUT2D eigenvalue weighted by Crippen LogP contribution is -2.26. The summed E-state index contributed by atoms with van der Waals surface area (Å²) in [5.74, 6) is 0.0536. The average molecular weight is 278 g/mol. The number of benzene rings is 1. The van der Waals surface area contributed by atoms with Gasteiger partial charge in [0.2, 0.25) is 0 Å². The van der Waals surface area contributed by atoms with Crippen molar-refractivity contribution in [2.75, 3.05) is 13.2 Å². The van der Waals surface area contributed by atoms with E-state index in [9.17, 15) is 14.7 Å². The van der Waals surface area contributed by atoms with Crippen LogP contribution in [0.5, 0.6) is 11.5 Å². The molecule has 0 amide bonds. The Bertz CT molecular complexity index is 533. The summed E-state index contributed by atoms with van der Waals surface area (Å²) in [6.07, 6.45) is 1.77. The summed E-state index contributed by atoms with van der Waals surface area (Å²) in [6.45, 7) is 4.30. The standard InChI is InChI=1S/C15H18O5/c1-15(2,14(17)18)8-10-4-5-11(9-16)13-12(10)19-6-3-7-20-13/h4-5,9H,3,6-8H2,1-2H3,(H,17,18). The fourth-order valence-corrected chi connectivity index (χ4v) is 2.12. The molecule has 1 aromatic rings. The molecule has 20 heavy (non-hydrogen) atoms. The Morgan fingerprint density at radius 2 is 1.95 bits per heavy atom. The molecule has 0 saturated heterocycles. The minimum Gasteiger partial charge on any atom is -0.489 e. The highest BCUT2D eigenvalue weighted by molar-refractivity contribution is 5.82. The van der Waals surface area contributed by atoms with E-state index in [0.717, 1.165) is 18.3 Å². The zero-order valence-electron chi connectivity index (χ0n) is 11.6. The topological polar surface area (TPSA) is 72.8 Å². The minimum absolute atomic E-state index is 0.313. The van der Waals surface area contributed by atoms with Gasteiger partial charge in [0.1, 0.15) is 0 Å². The molecular weight excluding hydrogens is 260 g/mol. The maximum absolute atomic E-state index is 11.3. The van der Waals surface area contributed by atoms with Crippen molar-refractivity contribution in [3.05, 3.63) is 23.3 Å². The van der Waals surface area contributed by atoms with Gasteiger partial charge in [-0.3, -0.25) is 9.59 Å². The number of aliphatic carboxylic acids is 1. The molecule has 0 radical (unpaired) electrons. The van der Waals surface area contributed by atoms with E-state index in [1.54, 1.807) is 26.0 Å². The number of aldehydes is 1. The molecular formula is C15H18O5. The van der Waals surface area contributed by atoms with Crippen LogP contribution in [0.1, 0.15) is 36.2 Å². The number of carbonyl (C=O) groups is 2. The summed E-state index contributed by atoms with van der Waals surface area (Å²) in [5.41, 5.74) is 0.269. The predicted molar refractivity (Wildman–Crippen MR) is 72.6 cm³/mol. The van der Waals surface area contributed by atoms with Gasteiger partial charge in [-0.1, -0.05) is 6.07 Å². The molecule has 0 aromatic heterocycles. The van der Waals surface area contributed by atoms with Gasteiger partial charge in [-0.15, -0.1) is 0 Å². The number of hydrogen-bond donors (Lipinski definition) is 1. The number of ether oxygens (including phenoxy) is 2. The lowest BCUT2D eigenvalue weighted by atomic mass is 9.85. The molecule has 5 nitrogen and oxygen atoms in total. The number of rotatable bonds is 4. The third-order valence-corrected chi connectivity index (χ3v) is 3.34. The molecule has 108 valence electrons.